The number of hydrogen-bond acceptors (Lipinski definition) is 3. The summed E-state index contributed by atoms with van der Waals surface area (Å²) in [6.07, 6.45) is 0. The van der Waals surface area contributed by atoms with Crippen LogP contribution in [0.5, 0.6) is 0 Å². The van der Waals surface area contributed by atoms with Crippen molar-refractivity contribution in [2.45, 2.75) is 52.7 Å². The lowest BCUT2D eigenvalue weighted by molar-refractivity contribution is 0.0671. The molecule has 0 saturated heterocycles. The predicted octanol–water partition coefficient (Wildman–Crippen LogP) is 3.29. The van der Waals surface area contributed by atoms with Crippen molar-refractivity contribution in [1.29, 1.82) is 0 Å². The van der Waals surface area contributed by atoms with Crippen molar-refractivity contribution >= 4 is 7.75 Å². The molecule has 1 unspecified atom stereocenters. The molecule has 0 fully saturated rings. The van der Waals surface area contributed by atoms with Gasteiger partial charge in [0, 0.05) is 12.6 Å². The molecule has 0 rings (SSSR count). The lowest BCUT2D eigenvalue weighted by atomic mass is 10.1. The van der Waals surface area contributed by atoms with Gasteiger partial charge in [0.2, 0.25) is 0 Å². The van der Waals surface area contributed by atoms with Crippen LogP contribution in [0, 0.1) is 0 Å². The fraction of sp³-hybridized carbons (Fsp3) is 1.00. The Kier molecular flexibility index (Phi) is 4.57. The molecule has 0 amide bonds. The van der Waals surface area contributed by atoms with Crippen LogP contribution in [-0.2, 0) is 13.6 Å². The van der Waals surface area contributed by atoms with Crippen molar-refractivity contribution in [2.75, 3.05) is 14.2 Å². The maximum atomic E-state index is 12.4. The van der Waals surface area contributed by atoms with Gasteiger partial charge in [-0.25, -0.2) is 9.24 Å². The highest BCUT2D eigenvalue weighted by Crippen LogP contribution is 2.55. The van der Waals surface area contributed by atoms with Gasteiger partial charge in [-0.2, -0.15) is 0 Å². The predicted molar refractivity (Wildman–Crippen MR) is 63.0 cm³/mol. The van der Waals surface area contributed by atoms with E-state index < -0.39 is 13.3 Å². The van der Waals surface area contributed by atoms with Crippen molar-refractivity contribution in [3.05, 3.63) is 0 Å². The van der Waals surface area contributed by atoms with Gasteiger partial charge in [0.25, 0.3) is 0 Å². The minimum Gasteiger partial charge on any atom is -0.300 e. The standard InChI is InChI=1S/C10H24NO3P/c1-9(2,3)11(7)15(12,13-8)14-10(4,5)6/h1-8H3. The van der Waals surface area contributed by atoms with Crippen LogP contribution in [0.25, 0.3) is 0 Å². The normalized spacial score (nSPS) is 17.9. The molecule has 4 nitrogen and oxygen atoms in total. The molecule has 0 aromatic rings. The molecule has 0 spiro atoms. The van der Waals surface area contributed by atoms with Crippen molar-refractivity contribution in [2.24, 2.45) is 0 Å². The van der Waals surface area contributed by atoms with Gasteiger partial charge in [0.15, 0.2) is 0 Å². The largest absolute Gasteiger partial charge is 0.408 e. The van der Waals surface area contributed by atoms with E-state index in [4.69, 9.17) is 9.05 Å². The molecule has 15 heavy (non-hydrogen) atoms. The van der Waals surface area contributed by atoms with Gasteiger partial charge in [-0.1, -0.05) is 0 Å². The molecular weight excluding hydrogens is 213 g/mol. The monoisotopic (exact) mass is 237 g/mol. The second-order valence-electron chi connectivity index (χ2n) is 5.55. The van der Waals surface area contributed by atoms with Crippen molar-refractivity contribution < 1.29 is 13.6 Å². The first-order chi connectivity index (χ1) is 6.42. The number of rotatable bonds is 3. The van der Waals surface area contributed by atoms with Gasteiger partial charge in [0.05, 0.1) is 5.60 Å². The van der Waals surface area contributed by atoms with E-state index in [1.54, 1.807) is 11.7 Å². The molecule has 0 radical (unpaired) electrons. The Morgan fingerprint density at radius 3 is 1.67 bits per heavy atom. The quantitative estimate of drug-likeness (QED) is 0.706. The van der Waals surface area contributed by atoms with Crippen LogP contribution in [0.1, 0.15) is 41.5 Å². The molecule has 0 aliphatic carbocycles. The highest BCUT2D eigenvalue weighted by Gasteiger charge is 2.39. The van der Waals surface area contributed by atoms with Gasteiger partial charge in [-0.15, -0.1) is 0 Å². The summed E-state index contributed by atoms with van der Waals surface area (Å²) in [5.74, 6) is 0. The van der Waals surface area contributed by atoms with E-state index in [-0.39, 0.29) is 5.54 Å². The Morgan fingerprint density at radius 1 is 1.07 bits per heavy atom. The van der Waals surface area contributed by atoms with E-state index in [9.17, 15) is 4.57 Å². The Morgan fingerprint density at radius 2 is 1.47 bits per heavy atom. The molecule has 0 aliphatic heterocycles. The third-order valence-corrected chi connectivity index (χ3v) is 4.53. The average Bonchev–Trinajstić information content (AvgIpc) is 1.98. The summed E-state index contributed by atoms with van der Waals surface area (Å²) in [5, 5.41) is 0. The average molecular weight is 237 g/mol. The Balaban J connectivity index is 4.96. The molecular formula is C10H24NO3P. The first kappa shape index (κ1) is 15.1. The summed E-state index contributed by atoms with van der Waals surface area (Å²) in [5.41, 5.74) is -0.762. The zero-order chi connectivity index (χ0) is 12.5. The molecule has 0 aromatic carbocycles. The lowest BCUT2D eigenvalue weighted by Crippen LogP contribution is -2.38. The summed E-state index contributed by atoms with van der Waals surface area (Å²) >= 11 is 0. The first-order valence-electron chi connectivity index (χ1n) is 5.03. The van der Waals surface area contributed by atoms with E-state index >= 15 is 0 Å². The van der Waals surface area contributed by atoms with Crippen LogP contribution in [0.4, 0.5) is 0 Å². The fourth-order valence-corrected chi connectivity index (χ4v) is 2.80. The minimum atomic E-state index is -3.20. The topological polar surface area (TPSA) is 38.8 Å². The molecule has 0 heterocycles. The first-order valence-corrected chi connectivity index (χ1v) is 6.53. The summed E-state index contributed by atoms with van der Waals surface area (Å²) < 4.78 is 24.7. The lowest BCUT2D eigenvalue weighted by Gasteiger charge is -2.38. The summed E-state index contributed by atoms with van der Waals surface area (Å²) in [4.78, 5) is 0. The van der Waals surface area contributed by atoms with Gasteiger partial charge >= 0.3 is 7.75 Å². The van der Waals surface area contributed by atoms with Crippen LogP contribution >= 0.6 is 7.75 Å². The summed E-state index contributed by atoms with van der Waals surface area (Å²) in [7, 11) is -0.0435. The Labute approximate surface area is 93.5 Å². The second kappa shape index (κ2) is 4.54. The van der Waals surface area contributed by atoms with Crippen molar-refractivity contribution in [3.63, 3.8) is 0 Å². The Bertz CT molecular complexity index is 252. The number of nitrogens with zero attached hydrogens (tertiary/aromatic N) is 1. The van der Waals surface area contributed by atoms with E-state index in [1.807, 2.05) is 41.5 Å². The van der Waals surface area contributed by atoms with Gasteiger partial charge < -0.3 is 0 Å². The molecule has 0 bridgehead atoms. The molecule has 92 valence electrons. The van der Waals surface area contributed by atoms with E-state index in [0.29, 0.717) is 0 Å². The molecule has 1 atom stereocenters. The highest BCUT2D eigenvalue weighted by atomic mass is 31.2. The highest BCUT2D eigenvalue weighted by molar-refractivity contribution is 7.51. The van der Waals surface area contributed by atoms with Crippen LogP contribution in [-0.4, -0.2) is 30.0 Å². The van der Waals surface area contributed by atoms with Crippen molar-refractivity contribution in [1.82, 2.24) is 4.67 Å². The summed E-state index contributed by atoms with van der Waals surface area (Å²) in [6.45, 7) is 11.5. The maximum absolute atomic E-state index is 12.4. The van der Waals surface area contributed by atoms with Crippen LogP contribution in [0.2, 0.25) is 0 Å². The SMILES string of the molecule is COP(=O)(OC(C)(C)C)N(C)C(C)(C)C. The second-order valence-corrected chi connectivity index (χ2v) is 7.63. The molecule has 5 heteroatoms. The molecule has 0 aliphatic rings. The van der Waals surface area contributed by atoms with Gasteiger partial charge in [-0.05, 0) is 48.6 Å². The third-order valence-electron chi connectivity index (χ3n) is 1.96. The number of hydrogen-bond donors (Lipinski definition) is 0. The zero-order valence-corrected chi connectivity index (χ0v) is 12.0. The zero-order valence-electron chi connectivity index (χ0n) is 11.1. The summed E-state index contributed by atoms with van der Waals surface area (Å²) in [6, 6.07) is 0. The van der Waals surface area contributed by atoms with Crippen LogP contribution in [0.3, 0.4) is 0 Å². The Hall–Kier alpha value is 0.110. The van der Waals surface area contributed by atoms with E-state index in [0.717, 1.165) is 0 Å². The molecule has 0 saturated carbocycles. The maximum Gasteiger partial charge on any atom is 0.408 e. The van der Waals surface area contributed by atoms with E-state index in [2.05, 4.69) is 0 Å². The molecule has 0 aromatic heterocycles. The fourth-order valence-electron chi connectivity index (χ4n) is 0.934. The minimum absolute atomic E-state index is 0.267. The van der Waals surface area contributed by atoms with Crippen LogP contribution < -0.4 is 0 Å². The smallest absolute Gasteiger partial charge is 0.300 e. The molecule has 0 N–H and O–H groups in total. The van der Waals surface area contributed by atoms with Crippen molar-refractivity contribution in [3.8, 4) is 0 Å². The van der Waals surface area contributed by atoms with Crippen LogP contribution in [0.15, 0.2) is 0 Å². The van der Waals surface area contributed by atoms with E-state index in [1.165, 1.54) is 7.11 Å². The van der Waals surface area contributed by atoms with Gasteiger partial charge in [-0.3, -0.25) is 9.05 Å². The van der Waals surface area contributed by atoms with Gasteiger partial charge in [0.1, 0.15) is 0 Å². The third kappa shape index (κ3) is 4.64.